The molecule has 2 aromatic carbocycles. The quantitative estimate of drug-likeness (QED) is 0.344. The van der Waals surface area contributed by atoms with Gasteiger partial charge in [0, 0.05) is 44.0 Å². The Hall–Kier alpha value is -3.16. The van der Waals surface area contributed by atoms with Gasteiger partial charge in [-0.3, -0.25) is 0 Å². The highest BCUT2D eigenvalue weighted by Crippen LogP contribution is 2.42. The highest BCUT2D eigenvalue weighted by molar-refractivity contribution is 7.71. The first-order valence-corrected chi connectivity index (χ1v) is 11.7. The van der Waals surface area contributed by atoms with Crippen molar-refractivity contribution in [1.29, 1.82) is 0 Å². The molecule has 150 valence electrons. The van der Waals surface area contributed by atoms with E-state index >= 15 is 0 Å². The molecule has 0 saturated heterocycles. The van der Waals surface area contributed by atoms with Gasteiger partial charge in [0.1, 0.15) is 16.5 Å². The molecule has 30 heavy (non-hydrogen) atoms. The minimum Gasteiger partial charge on any atom is -0.383 e. The van der Waals surface area contributed by atoms with Crippen molar-refractivity contribution in [2.75, 3.05) is 5.73 Å². The molecule has 5 rings (SSSR count). The number of pyridine rings is 1. The van der Waals surface area contributed by atoms with Gasteiger partial charge in [-0.05, 0) is 47.2 Å². The number of nitrogens with two attached hydrogens (primary N) is 1. The van der Waals surface area contributed by atoms with Gasteiger partial charge in [0.05, 0.1) is 5.75 Å². The molecule has 0 radical (unpaired) electrons. The fraction of sp³-hybridized carbons (Fsp3) is 0.0870. The molecule has 0 spiro atoms. The lowest BCUT2D eigenvalue weighted by atomic mass is 10.00. The van der Waals surface area contributed by atoms with Gasteiger partial charge in [0.15, 0.2) is 0 Å². The number of thiophene rings is 1. The standard InChI is InChI=1S/C23H19N3O2S2/c1-13-7-17-9-16(5-6-20(17)26-13)19-11-29-22-18(10-25-23(24)21(19)22)15-4-2-3-14(8-15)12-30(27)28/h2-11,26,30H,12H2,1H3,(H2,24,25). The van der Waals surface area contributed by atoms with Gasteiger partial charge >= 0.3 is 0 Å². The first-order chi connectivity index (χ1) is 14.5. The SMILES string of the molecule is Cc1cc2cc(-c3csc4c(-c5cccc(C[SH](=O)=O)c5)cnc(N)c34)ccc2[nH]1. The third-order valence-electron chi connectivity index (χ3n) is 5.24. The van der Waals surface area contributed by atoms with E-state index in [9.17, 15) is 8.42 Å². The Morgan fingerprint density at radius 3 is 2.73 bits per heavy atom. The van der Waals surface area contributed by atoms with Gasteiger partial charge in [-0.2, -0.15) is 0 Å². The fourth-order valence-electron chi connectivity index (χ4n) is 3.92. The summed E-state index contributed by atoms with van der Waals surface area (Å²) in [6, 6.07) is 16.1. The van der Waals surface area contributed by atoms with Crippen molar-refractivity contribution in [3.8, 4) is 22.3 Å². The molecule has 5 aromatic rings. The zero-order chi connectivity index (χ0) is 20.8. The monoisotopic (exact) mass is 433 g/mol. The van der Waals surface area contributed by atoms with Crippen molar-refractivity contribution < 1.29 is 8.42 Å². The topological polar surface area (TPSA) is 88.8 Å². The van der Waals surface area contributed by atoms with Crippen LogP contribution in [0.15, 0.2) is 60.1 Å². The van der Waals surface area contributed by atoms with Crippen LogP contribution in [0.1, 0.15) is 11.3 Å². The van der Waals surface area contributed by atoms with Crippen molar-refractivity contribution >= 4 is 48.8 Å². The van der Waals surface area contributed by atoms with E-state index in [0.717, 1.165) is 54.5 Å². The smallest absolute Gasteiger partial charge is 0.144 e. The van der Waals surface area contributed by atoms with Crippen LogP contribution < -0.4 is 5.73 Å². The van der Waals surface area contributed by atoms with Gasteiger partial charge < -0.3 is 10.7 Å². The van der Waals surface area contributed by atoms with E-state index in [-0.39, 0.29) is 5.75 Å². The number of aromatic amines is 1. The van der Waals surface area contributed by atoms with Crippen molar-refractivity contribution in [1.82, 2.24) is 9.97 Å². The van der Waals surface area contributed by atoms with Crippen molar-refractivity contribution in [2.45, 2.75) is 12.7 Å². The second-order valence-electron chi connectivity index (χ2n) is 7.36. The van der Waals surface area contributed by atoms with Crippen LogP contribution in [0, 0.1) is 6.92 Å². The van der Waals surface area contributed by atoms with Crippen LogP contribution in [0.25, 0.3) is 43.2 Å². The molecule has 7 heteroatoms. The molecule has 0 saturated carbocycles. The highest BCUT2D eigenvalue weighted by atomic mass is 32.2. The van der Waals surface area contributed by atoms with E-state index < -0.39 is 10.7 Å². The summed E-state index contributed by atoms with van der Waals surface area (Å²) < 4.78 is 23.3. The van der Waals surface area contributed by atoms with E-state index in [1.165, 1.54) is 0 Å². The molecule has 0 aliphatic heterocycles. The third kappa shape index (κ3) is 3.26. The van der Waals surface area contributed by atoms with Gasteiger partial charge in [0.2, 0.25) is 0 Å². The van der Waals surface area contributed by atoms with Crippen LogP contribution in [0.2, 0.25) is 0 Å². The second kappa shape index (κ2) is 7.27. The molecule has 0 atom stereocenters. The molecule has 5 nitrogen and oxygen atoms in total. The average Bonchev–Trinajstić information content (AvgIpc) is 3.31. The van der Waals surface area contributed by atoms with Crippen molar-refractivity contribution in [3.63, 3.8) is 0 Å². The number of anilines is 1. The van der Waals surface area contributed by atoms with E-state index in [1.54, 1.807) is 17.5 Å². The Morgan fingerprint density at radius 1 is 1.07 bits per heavy atom. The van der Waals surface area contributed by atoms with Crippen LogP contribution in [-0.4, -0.2) is 18.4 Å². The Bertz CT molecular complexity index is 1490. The minimum atomic E-state index is -2.47. The zero-order valence-electron chi connectivity index (χ0n) is 16.2. The summed E-state index contributed by atoms with van der Waals surface area (Å²) in [5, 5.41) is 4.21. The second-order valence-corrected chi connectivity index (χ2v) is 9.22. The number of hydrogen-bond acceptors (Lipinski definition) is 5. The molecule has 0 fully saturated rings. The molecule has 3 aromatic heterocycles. The van der Waals surface area contributed by atoms with Gasteiger partial charge in [-0.15, -0.1) is 11.3 Å². The van der Waals surface area contributed by atoms with Gasteiger partial charge in [-0.25, -0.2) is 13.4 Å². The number of hydrogen-bond donors (Lipinski definition) is 3. The average molecular weight is 434 g/mol. The molecular formula is C23H19N3O2S2. The van der Waals surface area contributed by atoms with E-state index in [1.807, 2.05) is 31.2 Å². The Balaban J connectivity index is 1.68. The number of H-pyrrole nitrogens is 1. The Labute approximate surface area is 179 Å². The molecule has 0 amide bonds. The maximum atomic E-state index is 11.1. The number of benzene rings is 2. The van der Waals surface area contributed by atoms with Crippen LogP contribution in [0.5, 0.6) is 0 Å². The van der Waals surface area contributed by atoms with Crippen LogP contribution >= 0.6 is 11.3 Å². The fourth-order valence-corrected chi connectivity index (χ4v) is 5.53. The van der Waals surface area contributed by atoms with E-state index in [0.29, 0.717) is 5.82 Å². The zero-order valence-corrected chi connectivity index (χ0v) is 17.9. The molecule has 0 bridgehead atoms. The van der Waals surface area contributed by atoms with Crippen LogP contribution in [-0.2, 0) is 16.5 Å². The number of nitrogens with one attached hydrogen (secondary N) is 1. The maximum Gasteiger partial charge on any atom is 0.144 e. The number of aromatic nitrogens is 2. The van der Waals surface area contributed by atoms with E-state index in [4.69, 9.17) is 5.73 Å². The van der Waals surface area contributed by atoms with Crippen LogP contribution in [0.4, 0.5) is 5.82 Å². The van der Waals surface area contributed by atoms with Crippen LogP contribution in [0.3, 0.4) is 0 Å². The summed E-state index contributed by atoms with van der Waals surface area (Å²) in [4.78, 5) is 7.81. The predicted octanol–water partition coefficient (Wildman–Crippen LogP) is 5.11. The van der Waals surface area contributed by atoms with Gasteiger partial charge in [-0.1, -0.05) is 30.3 Å². The summed E-state index contributed by atoms with van der Waals surface area (Å²) in [5.74, 6) is 0.523. The van der Waals surface area contributed by atoms with E-state index in [2.05, 4.69) is 39.6 Å². The number of thiol groups is 1. The molecule has 3 N–H and O–H groups in total. The third-order valence-corrected chi connectivity index (χ3v) is 6.88. The number of rotatable bonds is 4. The van der Waals surface area contributed by atoms with Crippen molar-refractivity contribution in [2.24, 2.45) is 0 Å². The molecule has 0 aliphatic rings. The van der Waals surface area contributed by atoms with Crippen molar-refractivity contribution in [3.05, 3.63) is 71.4 Å². The number of fused-ring (bicyclic) bond motifs is 2. The number of nitrogens with zero attached hydrogens (tertiary/aromatic N) is 1. The molecule has 0 unspecified atom stereocenters. The molecule has 3 heterocycles. The first-order valence-electron chi connectivity index (χ1n) is 9.46. The lowest BCUT2D eigenvalue weighted by molar-refractivity contribution is 0.614. The number of aryl methyl sites for hydroxylation is 1. The Morgan fingerprint density at radius 2 is 1.90 bits per heavy atom. The summed E-state index contributed by atoms with van der Waals surface area (Å²) in [6.07, 6.45) is 1.77. The Kier molecular flexibility index (Phi) is 4.56. The normalized spacial score (nSPS) is 11.7. The lowest BCUT2D eigenvalue weighted by Crippen LogP contribution is -1.93. The summed E-state index contributed by atoms with van der Waals surface area (Å²) in [7, 11) is -2.47. The maximum absolute atomic E-state index is 11.1. The minimum absolute atomic E-state index is 0.0283. The first kappa shape index (κ1) is 18.8. The molecular weight excluding hydrogens is 414 g/mol. The summed E-state index contributed by atoms with van der Waals surface area (Å²) in [6.45, 7) is 2.05. The summed E-state index contributed by atoms with van der Waals surface area (Å²) in [5.41, 5.74) is 13.3. The predicted molar refractivity (Wildman–Crippen MR) is 126 cm³/mol. The van der Waals surface area contributed by atoms with Gasteiger partial charge in [0.25, 0.3) is 0 Å². The largest absolute Gasteiger partial charge is 0.383 e. The highest BCUT2D eigenvalue weighted by Gasteiger charge is 2.16. The lowest BCUT2D eigenvalue weighted by Gasteiger charge is -2.08. The molecule has 0 aliphatic carbocycles. The number of nitrogen functional groups attached to an aromatic ring is 1. The summed E-state index contributed by atoms with van der Waals surface area (Å²) >= 11 is 1.63.